The lowest BCUT2D eigenvalue weighted by Crippen LogP contribution is -2.29. The molecular weight excluding hydrogens is 511 g/mol. The van der Waals surface area contributed by atoms with Crippen LogP contribution in [0.3, 0.4) is 0 Å². The van der Waals surface area contributed by atoms with Gasteiger partial charge in [0.15, 0.2) is 5.13 Å². The van der Waals surface area contributed by atoms with Gasteiger partial charge < -0.3 is 14.6 Å². The lowest BCUT2D eigenvalue weighted by Gasteiger charge is -2.23. The highest BCUT2D eigenvalue weighted by Crippen LogP contribution is 2.44. The maximum Gasteiger partial charge on any atom is 0.350 e. The van der Waals surface area contributed by atoms with E-state index in [9.17, 15) is 23.9 Å². The molecule has 0 bridgehead atoms. The number of hydrogen-bond donors (Lipinski definition) is 1. The van der Waals surface area contributed by atoms with Crippen LogP contribution < -0.4 is 9.64 Å². The molecule has 0 radical (unpaired) electrons. The van der Waals surface area contributed by atoms with Crippen LogP contribution in [0.4, 0.5) is 9.52 Å². The van der Waals surface area contributed by atoms with Gasteiger partial charge in [-0.2, -0.15) is 0 Å². The lowest BCUT2D eigenvalue weighted by molar-refractivity contribution is -0.132. The van der Waals surface area contributed by atoms with E-state index in [2.05, 4.69) is 11.9 Å². The van der Waals surface area contributed by atoms with E-state index >= 15 is 0 Å². The Bertz CT molecular complexity index is 1400. The van der Waals surface area contributed by atoms with Gasteiger partial charge in [0.1, 0.15) is 22.2 Å². The van der Waals surface area contributed by atoms with Crippen molar-refractivity contribution < 1.29 is 33.4 Å². The number of ether oxygens (including phenoxy) is 2. The summed E-state index contributed by atoms with van der Waals surface area (Å²) in [5.74, 6) is -2.90. The zero-order valence-corrected chi connectivity index (χ0v) is 22.0. The van der Waals surface area contributed by atoms with Crippen LogP contribution in [0.2, 0.25) is 0 Å². The summed E-state index contributed by atoms with van der Waals surface area (Å²) < 4.78 is 24.2. The number of aryl methyl sites for hydroxylation is 1. The molecule has 1 amide bonds. The monoisotopic (exact) mass is 538 g/mol. The summed E-state index contributed by atoms with van der Waals surface area (Å²) in [4.78, 5) is 44.7. The van der Waals surface area contributed by atoms with Crippen LogP contribution in [0.15, 0.2) is 54.1 Å². The number of aliphatic hydroxyl groups excluding tert-OH is 1. The number of rotatable bonds is 9. The van der Waals surface area contributed by atoms with Crippen LogP contribution in [0.5, 0.6) is 5.75 Å². The maximum absolute atomic E-state index is 13.5. The van der Waals surface area contributed by atoms with Crippen LogP contribution in [0, 0.1) is 12.7 Å². The molecule has 10 heteroatoms. The zero-order chi connectivity index (χ0) is 27.4. The average Bonchev–Trinajstić information content (AvgIpc) is 3.43. The number of anilines is 1. The molecule has 1 aliphatic heterocycles. The number of benzene rings is 2. The van der Waals surface area contributed by atoms with E-state index in [0.717, 1.165) is 47.6 Å². The largest absolute Gasteiger partial charge is 0.507 e. The van der Waals surface area contributed by atoms with Gasteiger partial charge in [0.25, 0.3) is 5.78 Å². The first-order valence-electron chi connectivity index (χ1n) is 12.1. The van der Waals surface area contributed by atoms with Crippen LogP contribution >= 0.6 is 11.3 Å². The predicted molar refractivity (Wildman–Crippen MR) is 141 cm³/mol. The van der Waals surface area contributed by atoms with Crippen molar-refractivity contribution in [1.82, 2.24) is 4.98 Å². The number of amides is 1. The van der Waals surface area contributed by atoms with Crippen LogP contribution in [-0.4, -0.2) is 41.5 Å². The Morgan fingerprint density at radius 1 is 1.16 bits per heavy atom. The summed E-state index contributed by atoms with van der Waals surface area (Å²) in [6.07, 6.45) is 2.93. The molecule has 198 valence electrons. The van der Waals surface area contributed by atoms with Gasteiger partial charge in [0, 0.05) is 5.56 Å². The smallest absolute Gasteiger partial charge is 0.350 e. The summed E-state index contributed by atoms with van der Waals surface area (Å²) >= 11 is 0.911. The molecular formula is C28H27FN2O6S. The first-order chi connectivity index (χ1) is 18.3. The van der Waals surface area contributed by atoms with Crippen LogP contribution in [0.25, 0.3) is 5.76 Å². The summed E-state index contributed by atoms with van der Waals surface area (Å²) in [6.45, 7) is 4.19. The van der Waals surface area contributed by atoms with Gasteiger partial charge in [0.05, 0.1) is 31.0 Å². The number of esters is 1. The Kier molecular flexibility index (Phi) is 8.21. The summed E-state index contributed by atoms with van der Waals surface area (Å²) in [6, 6.07) is 10.8. The molecule has 1 atom stereocenters. The molecule has 1 fully saturated rings. The summed E-state index contributed by atoms with van der Waals surface area (Å²) in [5, 5.41) is 11.3. The van der Waals surface area contributed by atoms with Crippen molar-refractivity contribution in [3.8, 4) is 5.75 Å². The van der Waals surface area contributed by atoms with Gasteiger partial charge in [-0.05, 0) is 55.3 Å². The summed E-state index contributed by atoms with van der Waals surface area (Å²) in [5.41, 5.74) is 0.821. The minimum absolute atomic E-state index is 0.0995. The first-order valence-corrected chi connectivity index (χ1v) is 12.9. The second-order valence-electron chi connectivity index (χ2n) is 8.71. The molecule has 1 aliphatic rings. The van der Waals surface area contributed by atoms with E-state index in [1.807, 2.05) is 0 Å². The highest BCUT2D eigenvalue weighted by atomic mass is 32.1. The first kappa shape index (κ1) is 27.0. The normalized spacial score (nSPS) is 16.6. The Morgan fingerprint density at radius 3 is 2.58 bits per heavy atom. The molecule has 38 heavy (non-hydrogen) atoms. The summed E-state index contributed by atoms with van der Waals surface area (Å²) in [7, 11) is 1.24. The standard InChI is InChI=1S/C28H27FN2O6S/c1-4-5-6-14-37-20-9-7-8-18(15-20)22-21(23(32)17-10-12-19(29)13-11-17)24(33)26(34)31(22)28-30-16(2)25(38-28)27(35)36-3/h7-13,15,22,32H,4-6,14H2,1-3H3/b23-21+. The van der Waals surface area contributed by atoms with Gasteiger partial charge in [-0.1, -0.05) is 43.2 Å². The number of thiazole rings is 1. The van der Waals surface area contributed by atoms with Crippen molar-refractivity contribution in [2.75, 3.05) is 18.6 Å². The molecule has 3 aromatic rings. The third-order valence-electron chi connectivity index (χ3n) is 6.11. The molecule has 1 N–H and O–H groups in total. The molecule has 0 saturated carbocycles. The third-order valence-corrected chi connectivity index (χ3v) is 7.25. The third kappa shape index (κ3) is 5.31. The second-order valence-corrected chi connectivity index (χ2v) is 9.68. The minimum atomic E-state index is -1.07. The van der Waals surface area contributed by atoms with Crippen molar-refractivity contribution in [2.45, 2.75) is 39.2 Å². The van der Waals surface area contributed by atoms with Crippen LogP contribution in [0.1, 0.15) is 58.7 Å². The average molecular weight is 539 g/mol. The van der Waals surface area contributed by atoms with E-state index in [-0.39, 0.29) is 21.1 Å². The van der Waals surface area contributed by atoms with E-state index in [4.69, 9.17) is 9.47 Å². The second kappa shape index (κ2) is 11.6. The Balaban J connectivity index is 1.85. The maximum atomic E-state index is 13.5. The lowest BCUT2D eigenvalue weighted by atomic mass is 9.95. The number of ketones is 1. The number of methoxy groups -OCH3 is 1. The van der Waals surface area contributed by atoms with Gasteiger partial charge in [-0.15, -0.1) is 0 Å². The number of hydrogen-bond acceptors (Lipinski definition) is 8. The highest BCUT2D eigenvalue weighted by Gasteiger charge is 2.48. The molecule has 1 unspecified atom stereocenters. The number of aromatic nitrogens is 1. The van der Waals surface area contributed by atoms with Gasteiger partial charge in [0.2, 0.25) is 0 Å². The van der Waals surface area contributed by atoms with Crippen molar-refractivity contribution in [2.24, 2.45) is 0 Å². The minimum Gasteiger partial charge on any atom is -0.507 e. The molecule has 0 aliphatic carbocycles. The van der Waals surface area contributed by atoms with Crippen molar-refractivity contribution in [1.29, 1.82) is 0 Å². The highest BCUT2D eigenvalue weighted by molar-refractivity contribution is 7.17. The number of carbonyl (C=O) groups is 3. The fourth-order valence-electron chi connectivity index (χ4n) is 4.19. The van der Waals surface area contributed by atoms with Crippen LogP contribution in [-0.2, 0) is 14.3 Å². The molecule has 0 spiro atoms. The van der Waals surface area contributed by atoms with Crippen molar-refractivity contribution >= 4 is 39.9 Å². The number of Topliss-reactive ketones (excluding diaryl/α,β-unsaturated/α-hetero) is 1. The van der Waals surface area contributed by atoms with E-state index < -0.39 is 35.3 Å². The van der Waals surface area contributed by atoms with Gasteiger partial charge >= 0.3 is 11.9 Å². The van der Waals surface area contributed by atoms with Gasteiger partial charge in [-0.25, -0.2) is 14.2 Å². The molecule has 2 aromatic carbocycles. The zero-order valence-electron chi connectivity index (χ0n) is 21.2. The molecule has 8 nitrogen and oxygen atoms in total. The van der Waals surface area contributed by atoms with E-state index in [1.54, 1.807) is 31.2 Å². The number of carbonyl (C=O) groups excluding carboxylic acids is 3. The van der Waals surface area contributed by atoms with E-state index in [0.29, 0.717) is 23.6 Å². The number of halogens is 1. The molecule has 2 heterocycles. The SMILES string of the molecule is CCCCCOc1cccc(C2/C(=C(\O)c3ccc(F)cc3)C(=O)C(=O)N2c2nc(C)c(C(=O)OC)s2)c1. The number of nitrogens with zero attached hydrogens (tertiary/aromatic N) is 2. The predicted octanol–water partition coefficient (Wildman–Crippen LogP) is 5.57. The van der Waals surface area contributed by atoms with Gasteiger partial charge in [-0.3, -0.25) is 14.5 Å². The Labute approximate surface area is 223 Å². The molecule has 1 aromatic heterocycles. The fourth-order valence-corrected chi connectivity index (χ4v) is 5.20. The topological polar surface area (TPSA) is 106 Å². The Morgan fingerprint density at radius 2 is 1.89 bits per heavy atom. The fraction of sp³-hybridized carbons (Fsp3) is 0.286. The van der Waals surface area contributed by atoms with E-state index in [1.165, 1.54) is 19.2 Å². The molecule has 1 saturated heterocycles. The molecule has 4 rings (SSSR count). The quantitative estimate of drug-likeness (QED) is 0.125. The number of unbranched alkanes of at least 4 members (excludes halogenated alkanes) is 2. The van der Waals surface area contributed by atoms with Crippen molar-refractivity contribution in [3.63, 3.8) is 0 Å². The van der Waals surface area contributed by atoms with Crippen molar-refractivity contribution in [3.05, 3.63) is 81.6 Å². The Hall–Kier alpha value is -4.05. The number of aliphatic hydroxyl groups is 1.